The molecule has 1 aliphatic heterocycles. The second kappa shape index (κ2) is 12.1. The monoisotopic (exact) mass is 442 g/mol. The van der Waals surface area contributed by atoms with E-state index in [0.717, 1.165) is 56.7 Å². The number of benzene rings is 1. The number of guanidine groups is 1. The maximum atomic E-state index is 4.67. The van der Waals surface area contributed by atoms with E-state index in [1.807, 2.05) is 7.05 Å². The third kappa shape index (κ3) is 7.51. The Morgan fingerprint density at radius 2 is 1.97 bits per heavy atom. The first kappa shape index (κ1) is 23.5. The maximum Gasteiger partial charge on any atom is 0.191 e. The highest BCUT2D eigenvalue weighted by atomic mass is 32.1. The predicted molar refractivity (Wildman–Crippen MR) is 133 cm³/mol. The van der Waals surface area contributed by atoms with Crippen LogP contribution in [0.4, 0.5) is 5.69 Å². The van der Waals surface area contributed by atoms with Crippen LogP contribution in [0.15, 0.2) is 34.6 Å². The molecule has 2 aromatic rings. The topological polar surface area (TPSA) is 55.8 Å². The number of aromatic nitrogens is 1. The van der Waals surface area contributed by atoms with Gasteiger partial charge < -0.3 is 15.5 Å². The van der Waals surface area contributed by atoms with Crippen LogP contribution in [0, 0.1) is 6.92 Å². The van der Waals surface area contributed by atoms with E-state index < -0.39 is 0 Å². The predicted octanol–water partition coefficient (Wildman–Crippen LogP) is 3.84. The Bertz CT molecular complexity index is 823. The molecule has 6 nitrogen and oxygen atoms in total. The van der Waals surface area contributed by atoms with E-state index in [1.54, 1.807) is 11.3 Å². The van der Waals surface area contributed by atoms with Gasteiger partial charge in [0.2, 0.25) is 0 Å². The average Bonchev–Trinajstić information content (AvgIpc) is 3.25. The molecule has 3 rings (SSSR count). The van der Waals surface area contributed by atoms with E-state index in [4.69, 9.17) is 0 Å². The normalized spacial score (nSPS) is 15.5. The number of nitrogens with zero attached hydrogens (tertiary/aromatic N) is 4. The van der Waals surface area contributed by atoms with Crippen LogP contribution in [0.25, 0.3) is 0 Å². The van der Waals surface area contributed by atoms with Crippen LogP contribution < -0.4 is 15.5 Å². The van der Waals surface area contributed by atoms with E-state index in [0.29, 0.717) is 5.92 Å². The van der Waals surface area contributed by atoms with Gasteiger partial charge in [-0.2, -0.15) is 0 Å². The molecule has 2 heterocycles. The quantitative estimate of drug-likeness (QED) is 0.351. The zero-order valence-electron chi connectivity index (χ0n) is 19.5. The number of unbranched alkanes of at least 4 members (excludes halogenated alkanes) is 1. The van der Waals surface area contributed by atoms with Crippen molar-refractivity contribution in [3.63, 3.8) is 0 Å². The minimum Gasteiger partial charge on any atom is -0.369 e. The van der Waals surface area contributed by atoms with Gasteiger partial charge in [0.15, 0.2) is 5.96 Å². The van der Waals surface area contributed by atoms with E-state index in [2.05, 4.69) is 80.8 Å². The first-order valence-corrected chi connectivity index (χ1v) is 12.4. The first-order chi connectivity index (χ1) is 15.0. The Morgan fingerprint density at radius 1 is 1.16 bits per heavy atom. The van der Waals surface area contributed by atoms with E-state index in [1.165, 1.54) is 29.9 Å². The zero-order valence-corrected chi connectivity index (χ0v) is 20.3. The summed E-state index contributed by atoms with van der Waals surface area (Å²) in [4.78, 5) is 14.1. The van der Waals surface area contributed by atoms with Gasteiger partial charge >= 0.3 is 0 Å². The second-order valence-corrected chi connectivity index (χ2v) is 9.49. The molecular formula is C24H38N6S. The standard InChI is InChI=1S/C24H38N6S/c1-19(2)22-18-31-23(28-22)17-27-24(25-4)26-10-5-6-11-29-12-14-30(15-13-29)21-9-7-8-20(3)16-21/h7-9,16,18-19H,5-6,10-15,17H2,1-4H3,(H2,25,26,27). The van der Waals surface area contributed by atoms with E-state index in [9.17, 15) is 0 Å². The van der Waals surface area contributed by atoms with Gasteiger partial charge in [0, 0.05) is 50.8 Å². The van der Waals surface area contributed by atoms with Crippen molar-refractivity contribution in [2.45, 2.75) is 46.1 Å². The van der Waals surface area contributed by atoms with Gasteiger partial charge in [-0.25, -0.2) is 4.98 Å². The van der Waals surface area contributed by atoms with Gasteiger partial charge in [-0.15, -0.1) is 11.3 Å². The van der Waals surface area contributed by atoms with Crippen molar-refractivity contribution in [3.8, 4) is 0 Å². The van der Waals surface area contributed by atoms with Crippen LogP contribution >= 0.6 is 11.3 Å². The Hall–Kier alpha value is -2.12. The minimum atomic E-state index is 0.480. The maximum absolute atomic E-state index is 4.67. The summed E-state index contributed by atoms with van der Waals surface area (Å²) in [5.74, 6) is 1.33. The Balaban J connectivity index is 1.27. The second-order valence-electron chi connectivity index (χ2n) is 8.55. The number of aryl methyl sites for hydroxylation is 1. The molecule has 0 radical (unpaired) electrons. The number of nitrogens with one attached hydrogen (secondary N) is 2. The summed E-state index contributed by atoms with van der Waals surface area (Å²) in [6.07, 6.45) is 2.35. The molecule has 0 bridgehead atoms. The summed E-state index contributed by atoms with van der Waals surface area (Å²) < 4.78 is 0. The average molecular weight is 443 g/mol. The fourth-order valence-corrected chi connectivity index (χ4v) is 4.67. The molecule has 0 saturated carbocycles. The lowest BCUT2D eigenvalue weighted by atomic mass is 10.2. The molecule has 0 aliphatic carbocycles. The van der Waals surface area contributed by atoms with E-state index in [-0.39, 0.29) is 0 Å². The van der Waals surface area contributed by atoms with Crippen LogP contribution in [-0.2, 0) is 6.54 Å². The molecule has 170 valence electrons. The Kier molecular flexibility index (Phi) is 9.15. The molecule has 7 heteroatoms. The van der Waals surface area contributed by atoms with Crippen molar-refractivity contribution in [2.75, 3.05) is 51.2 Å². The lowest BCUT2D eigenvalue weighted by Gasteiger charge is -2.36. The van der Waals surface area contributed by atoms with Crippen molar-refractivity contribution in [1.29, 1.82) is 0 Å². The summed E-state index contributed by atoms with van der Waals surface area (Å²) in [7, 11) is 1.82. The number of rotatable bonds is 9. The minimum absolute atomic E-state index is 0.480. The molecule has 0 atom stereocenters. The van der Waals surface area contributed by atoms with Crippen molar-refractivity contribution < 1.29 is 0 Å². The first-order valence-electron chi connectivity index (χ1n) is 11.5. The number of aliphatic imine (C=N–C) groups is 1. The summed E-state index contributed by atoms with van der Waals surface area (Å²) in [6.45, 7) is 13.9. The van der Waals surface area contributed by atoms with Crippen molar-refractivity contribution in [1.82, 2.24) is 20.5 Å². The Labute approximate surface area is 191 Å². The fourth-order valence-electron chi connectivity index (χ4n) is 3.77. The molecule has 1 aromatic heterocycles. The number of thiazole rings is 1. The van der Waals surface area contributed by atoms with Crippen LogP contribution in [-0.4, -0.2) is 62.2 Å². The molecule has 31 heavy (non-hydrogen) atoms. The van der Waals surface area contributed by atoms with E-state index >= 15 is 0 Å². The molecular weight excluding hydrogens is 404 g/mol. The third-order valence-corrected chi connectivity index (χ3v) is 6.59. The number of piperazine rings is 1. The molecule has 2 N–H and O–H groups in total. The Morgan fingerprint density at radius 3 is 2.65 bits per heavy atom. The number of hydrogen-bond acceptors (Lipinski definition) is 5. The molecule has 1 fully saturated rings. The van der Waals surface area contributed by atoms with Gasteiger partial charge in [0.1, 0.15) is 5.01 Å². The number of hydrogen-bond donors (Lipinski definition) is 2. The molecule has 0 amide bonds. The van der Waals surface area contributed by atoms with Crippen LogP contribution in [0.2, 0.25) is 0 Å². The molecule has 1 aromatic carbocycles. The highest BCUT2D eigenvalue weighted by Gasteiger charge is 2.16. The zero-order chi connectivity index (χ0) is 22.1. The SMILES string of the molecule is CN=C(NCCCCN1CCN(c2cccc(C)c2)CC1)NCc1nc(C(C)C)cs1. The van der Waals surface area contributed by atoms with Crippen LogP contribution in [0.1, 0.15) is 48.9 Å². The largest absolute Gasteiger partial charge is 0.369 e. The number of anilines is 1. The fraction of sp³-hybridized carbons (Fsp3) is 0.583. The third-order valence-electron chi connectivity index (χ3n) is 5.72. The molecule has 1 aliphatic rings. The van der Waals surface area contributed by atoms with Gasteiger partial charge in [-0.1, -0.05) is 26.0 Å². The van der Waals surface area contributed by atoms with Gasteiger partial charge in [-0.3, -0.25) is 9.89 Å². The van der Waals surface area contributed by atoms with Crippen molar-refractivity contribution >= 4 is 23.0 Å². The summed E-state index contributed by atoms with van der Waals surface area (Å²) in [5.41, 5.74) is 3.87. The lowest BCUT2D eigenvalue weighted by Crippen LogP contribution is -2.46. The van der Waals surface area contributed by atoms with Crippen molar-refractivity contribution in [3.05, 3.63) is 45.9 Å². The molecule has 1 saturated heterocycles. The van der Waals surface area contributed by atoms with Gasteiger partial charge in [0.05, 0.1) is 12.2 Å². The summed E-state index contributed by atoms with van der Waals surface area (Å²) >= 11 is 1.71. The highest BCUT2D eigenvalue weighted by molar-refractivity contribution is 7.09. The van der Waals surface area contributed by atoms with Gasteiger partial charge in [-0.05, 0) is 49.9 Å². The smallest absolute Gasteiger partial charge is 0.191 e. The highest BCUT2D eigenvalue weighted by Crippen LogP contribution is 2.18. The van der Waals surface area contributed by atoms with Crippen LogP contribution in [0.5, 0.6) is 0 Å². The van der Waals surface area contributed by atoms with Gasteiger partial charge in [0.25, 0.3) is 0 Å². The summed E-state index contributed by atoms with van der Waals surface area (Å²) in [6, 6.07) is 8.85. The molecule has 0 spiro atoms. The molecule has 0 unspecified atom stereocenters. The van der Waals surface area contributed by atoms with Crippen molar-refractivity contribution in [2.24, 2.45) is 4.99 Å². The lowest BCUT2D eigenvalue weighted by molar-refractivity contribution is 0.253. The van der Waals surface area contributed by atoms with Crippen LogP contribution in [0.3, 0.4) is 0 Å². The summed E-state index contributed by atoms with van der Waals surface area (Å²) in [5, 5.41) is 10.1.